The van der Waals surface area contributed by atoms with Crippen molar-refractivity contribution >= 4 is 40.6 Å². The first-order chi connectivity index (χ1) is 13.1. The molecule has 0 aliphatic carbocycles. The van der Waals surface area contributed by atoms with Crippen molar-refractivity contribution in [2.45, 2.75) is 0 Å². The number of hydrogen-bond donors (Lipinski definition) is 1. The third kappa shape index (κ3) is 2.81. The van der Waals surface area contributed by atoms with E-state index in [0.717, 1.165) is 11.0 Å². The Morgan fingerprint density at radius 1 is 0.889 bits per heavy atom. The normalized spacial score (nSPS) is 16.1. The molecule has 132 valence electrons. The standard InChI is InChI=1S/C20H12N2O5/c23-17-12(11-27-16-9-5-4-8-14(16)17)10-15-18(24)21-20(26)22(19(15)25)13-6-2-1-3-7-13/h1-11H,(H,21,24,26)/b15-10-. The molecule has 1 aliphatic rings. The van der Waals surface area contributed by atoms with E-state index in [-0.39, 0.29) is 16.6 Å². The topological polar surface area (TPSA) is 96.7 Å². The maximum absolute atomic E-state index is 12.8. The minimum Gasteiger partial charge on any atom is -0.463 e. The molecule has 0 bridgehead atoms. The number of fused-ring (bicyclic) bond motifs is 1. The van der Waals surface area contributed by atoms with Gasteiger partial charge in [0.25, 0.3) is 11.8 Å². The monoisotopic (exact) mass is 360 g/mol. The van der Waals surface area contributed by atoms with Crippen LogP contribution in [0.1, 0.15) is 5.56 Å². The van der Waals surface area contributed by atoms with Gasteiger partial charge in [-0.25, -0.2) is 9.69 Å². The van der Waals surface area contributed by atoms with Gasteiger partial charge in [0.1, 0.15) is 17.4 Å². The Kier molecular flexibility index (Phi) is 3.89. The summed E-state index contributed by atoms with van der Waals surface area (Å²) in [5.41, 5.74) is 0.0258. The van der Waals surface area contributed by atoms with Gasteiger partial charge in [0.15, 0.2) is 5.43 Å². The van der Waals surface area contributed by atoms with Crippen molar-refractivity contribution in [1.29, 1.82) is 0 Å². The number of imide groups is 2. The lowest BCUT2D eigenvalue weighted by Crippen LogP contribution is -2.54. The minimum atomic E-state index is -0.871. The fourth-order valence-electron chi connectivity index (χ4n) is 2.82. The summed E-state index contributed by atoms with van der Waals surface area (Å²) in [6.45, 7) is 0. The highest BCUT2D eigenvalue weighted by molar-refractivity contribution is 6.39. The highest BCUT2D eigenvalue weighted by atomic mass is 16.3. The zero-order valence-corrected chi connectivity index (χ0v) is 13.8. The van der Waals surface area contributed by atoms with E-state index < -0.39 is 17.8 Å². The molecule has 1 saturated heterocycles. The van der Waals surface area contributed by atoms with Crippen LogP contribution in [0.4, 0.5) is 10.5 Å². The number of benzene rings is 2. The van der Waals surface area contributed by atoms with Crippen molar-refractivity contribution in [3.63, 3.8) is 0 Å². The number of anilines is 1. The van der Waals surface area contributed by atoms with E-state index in [1.807, 2.05) is 0 Å². The Balaban J connectivity index is 1.82. The van der Waals surface area contributed by atoms with Crippen LogP contribution in [0.15, 0.2) is 75.6 Å². The van der Waals surface area contributed by atoms with Crippen LogP contribution in [0.25, 0.3) is 17.0 Å². The van der Waals surface area contributed by atoms with Crippen molar-refractivity contribution in [2.75, 3.05) is 4.90 Å². The van der Waals surface area contributed by atoms with E-state index in [4.69, 9.17) is 4.42 Å². The third-order valence-corrected chi connectivity index (χ3v) is 4.12. The summed E-state index contributed by atoms with van der Waals surface area (Å²) >= 11 is 0. The summed E-state index contributed by atoms with van der Waals surface area (Å²) in [6.07, 6.45) is 2.32. The molecule has 2 aromatic carbocycles. The van der Waals surface area contributed by atoms with Crippen LogP contribution in [0, 0.1) is 0 Å². The molecule has 0 spiro atoms. The van der Waals surface area contributed by atoms with Crippen molar-refractivity contribution in [3.8, 4) is 0 Å². The van der Waals surface area contributed by atoms with Gasteiger partial charge < -0.3 is 4.42 Å². The molecule has 7 nitrogen and oxygen atoms in total. The summed E-state index contributed by atoms with van der Waals surface area (Å²) < 4.78 is 5.40. The van der Waals surface area contributed by atoms with Gasteiger partial charge in [-0.1, -0.05) is 30.3 Å². The molecule has 0 saturated carbocycles. The molecule has 1 aliphatic heterocycles. The highest BCUT2D eigenvalue weighted by Crippen LogP contribution is 2.21. The number of amides is 4. The van der Waals surface area contributed by atoms with E-state index in [9.17, 15) is 19.2 Å². The number of barbiturate groups is 1. The van der Waals surface area contributed by atoms with Crippen LogP contribution in [0.3, 0.4) is 0 Å². The highest BCUT2D eigenvalue weighted by Gasteiger charge is 2.36. The molecule has 0 radical (unpaired) electrons. The summed E-state index contributed by atoms with van der Waals surface area (Å²) in [4.78, 5) is 50.5. The Labute approximate surface area is 152 Å². The summed E-state index contributed by atoms with van der Waals surface area (Å²) in [5, 5.41) is 2.44. The average molecular weight is 360 g/mol. The largest absolute Gasteiger partial charge is 0.463 e. The van der Waals surface area contributed by atoms with E-state index in [1.54, 1.807) is 54.6 Å². The number of nitrogens with zero attached hydrogens (tertiary/aromatic N) is 1. The van der Waals surface area contributed by atoms with Crippen molar-refractivity contribution < 1.29 is 18.8 Å². The fraction of sp³-hybridized carbons (Fsp3) is 0. The Bertz CT molecular complexity index is 1180. The summed E-state index contributed by atoms with van der Waals surface area (Å²) in [6, 6.07) is 14.0. The quantitative estimate of drug-likeness (QED) is 0.559. The van der Waals surface area contributed by atoms with E-state index in [0.29, 0.717) is 16.7 Å². The van der Waals surface area contributed by atoms with Crippen molar-refractivity contribution in [2.24, 2.45) is 0 Å². The second kappa shape index (κ2) is 6.38. The minimum absolute atomic E-state index is 0.0366. The number of carbonyl (C=O) groups excluding carboxylic acids is 3. The maximum atomic E-state index is 12.8. The van der Waals surface area contributed by atoms with Crippen molar-refractivity contribution in [1.82, 2.24) is 5.32 Å². The Morgan fingerprint density at radius 3 is 2.37 bits per heavy atom. The molecule has 1 aromatic heterocycles. The first-order valence-electron chi connectivity index (χ1n) is 8.03. The van der Waals surface area contributed by atoms with Gasteiger partial charge in [0.2, 0.25) is 0 Å². The van der Waals surface area contributed by atoms with Gasteiger partial charge in [0.05, 0.1) is 16.6 Å². The lowest BCUT2D eigenvalue weighted by atomic mass is 10.1. The zero-order chi connectivity index (χ0) is 19.0. The molecule has 4 amide bonds. The van der Waals surface area contributed by atoms with Gasteiger partial charge in [0, 0.05) is 0 Å². The molecule has 0 unspecified atom stereocenters. The smallest absolute Gasteiger partial charge is 0.335 e. The number of para-hydroxylation sites is 2. The molecule has 3 aromatic rings. The van der Waals surface area contributed by atoms with Crippen LogP contribution in [0.2, 0.25) is 0 Å². The number of nitrogens with one attached hydrogen (secondary N) is 1. The molecule has 1 fully saturated rings. The zero-order valence-electron chi connectivity index (χ0n) is 13.8. The molecular weight excluding hydrogens is 348 g/mol. The number of carbonyl (C=O) groups is 3. The predicted molar refractivity (Wildman–Crippen MR) is 97.9 cm³/mol. The predicted octanol–water partition coefficient (Wildman–Crippen LogP) is 2.46. The Hall–Kier alpha value is -4.00. The van der Waals surface area contributed by atoms with Crippen LogP contribution < -0.4 is 15.6 Å². The van der Waals surface area contributed by atoms with Gasteiger partial charge >= 0.3 is 6.03 Å². The van der Waals surface area contributed by atoms with Crippen LogP contribution in [0.5, 0.6) is 0 Å². The molecule has 0 atom stereocenters. The number of hydrogen-bond acceptors (Lipinski definition) is 5. The lowest BCUT2D eigenvalue weighted by molar-refractivity contribution is -0.122. The first kappa shape index (κ1) is 16.5. The van der Waals surface area contributed by atoms with E-state index >= 15 is 0 Å². The number of urea groups is 1. The molecule has 2 heterocycles. The Morgan fingerprint density at radius 2 is 1.59 bits per heavy atom. The SMILES string of the molecule is O=C1NC(=O)N(c2ccccc2)C(=O)/C1=C\c1coc2ccccc2c1=O. The second-order valence-electron chi connectivity index (χ2n) is 5.81. The van der Waals surface area contributed by atoms with Crippen LogP contribution >= 0.6 is 0 Å². The van der Waals surface area contributed by atoms with Gasteiger partial charge in [-0.05, 0) is 30.3 Å². The lowest BCUT2D eigenvalue weighted by Gasteiger charge is -2.26. The molecule has 7 heteroatoms. The molecule has 27 heavy (non-hydrogen) atoms. The van der Waals surface area contributed by atoms with Gasteiger partial charge in [-0.2, -0.15) is 0 Å². The summed E-state index contributed by atoms with van der Waals surface area (Å²) in [7, 11) is 0. The maximum Gasteiger partial charge on any atom is 0.335 e. The molecule has 1 N–H and O–H groups in total. The van der Waals surface area contributed by atoms with Gasteiger partial charge in [-0.3, -0.25) is 19.7 Å². The van der Waals surface area contributed by atoms with E-state index in [1.165, 1.54) is 6.26 Å². The van der Waals surface area contributed by atoms with E-state index in [2.05, 4.69) is 5.32 Å². The average Bonchev–Trinajstić information content (AvgIpc) is 2.67. The molecular formula is C20H12N2O5. The van der Waals surface area contributed by atoms with Crippen molar-refractivity contribution in [3.05, 3.63) is 82.2 Å². The third-order valence-electron chi connectivity index (χ3n) is 4.12. The number of rotatable bonds is 2. The summed E-state index contributed by atoms with van der Waals surface area (Å²) in [5.74, 6) is -1.69. The first-order valence-corrected chi connectivity index (χ1v) is 8.03. The molecule has 4 rings (SSSR count). The van der Waals surface area contributed by atoms with Gasteiger partial charge in [-0.15, -0.1) is 0 Å². The van der Waals surface area contributed by atoms with Crippen LogP contribution in [-0.2, 0) is 9.59 Å². The second-order valence-corrected chi connectivity index (χ2v) is 5.81. The van der Waals surface area contributed by atoms with Crippen LogP contribution in [-0.4, -0.2) is 17.8 Å². The fourth-order valence-corrected chi connectivity index (χ4v) is 2.82.